The maximum atomic E-state index is 9.59. The molecule has 0 saturated carbocycles. The number of fused-ring (bicyclic) bond motifs is 1. The Hall–Kier alpha value is -1.22. The third-order valence-corrected chi connectivity index (χ3v) is 2.44. The van der Waals surface area contributed by atoms with Crippen molar-refractivity contribution in [1.82, 2.24) is 5.32 Å². The third kappa shape index (κ3) is 1.35. The van der Waals surface area contributed by atoms with E-state index in [-0.39, 0.29) is 0 Å². The second-order valence-electron chi connectivity index (χ2n) is 3.17. The van der Waals surface area contributed by atoms with Crippen molar-refractivity contribution >= 4 is 0 Å². The van der Waals surface area contributed by atoms with Crippen LogP contribution in [-0.4, -0.2) is 18.8 Å². The van der Waals surface area contributed by atoms with Gasteiger partial charge in [0.25, 0.3) is 0 Å². The summed E-state index contributed by atoms with van der Waals surface area (Å²) in [5, 5.41) is 12.8. The van der Waals surface area contributed by atoms with E-state index in [1.165, 1.54) is 0 Å². The summed E-state index contributed by atoms with van der Waals surface area (Å²) in [5.74, 6) is 1.25. The van der Waals surface area contributed by atoms with Gasteiger partial charge in [-0.1, -0.05) is 0 Å². The van der Waals surface area contributed by atoms with E-state index in [1.807, 2.05) is 0 Å². The summed E-state index contributed by atoms with van der Waals surface area (Å²) in [5.41, 5.74) is 2.12. The second-order valence-corrected chi connectivity index (χ2v) is 3.17. The lowest BCUT2D eigenvalue weighted by molar-refractivity contribution is 0.399. The quantitative estimate of drug-likeness (QED) is 0.677. The molecule has 70 valence electrons. The standard InChI is InChI=1S/C10H13NO2/c1-13-10-3-2-9(12)7-4-5-11-6-8(7)10/h2-3,11-12H,4-6H2,1H3. The molecule has 0 aliphatic carbocycles. The number of rotatable bonds is 1. The number of nitrogens with one attached hydrogen (secondary N) is 1. The molecule has 1 aromatic carbocycles. The first-order chi connectivity index (χ1) is 6.33. The molecule has 2 rings (SSSR count). The molecule has 3 heteroatoms. The number of methoxy groups -OCH3 is 1. The number of hydrogen-bond acceptors (Lipinski definition) is 3. The number of phenolic OH excluding ortho intramolecular Hbond substituents is 1. The van der Waals surface area contributed by atoms with Crippen LogP contribution in [0.25, 0.3) is 0 Å². The maximum absolute atomic E-state index is 9.59. The van der Waals surface area contributed by atoms with Gasteiger partial charge in [0, 0.05) is 17.7 Å². The van der Waals surface area contributed by atoms with Gasteiger partial charge in [-0.2, -0.15) is 0 Å². The van der Waals surface area contributed by atoms with Gasteiger partial charge in [-0.25, -0.2) is 0 Å². The van der Waals surface area contributed by atoms with Crippen molar-refractivity contribution in [1.29, 1.82) is 0 Å². The minimum atomic E-state index is 0.386. The number of hydrogen-bond donors (Lipinski definition) is 2. The summed E-state index contributed by atoms with van der Waals surface area (Å²) < 4.78 is 5.22. The predicted octanol–water partition coefficient (Wildman–Crippen LogP) is 1.05. The van der Waals surface area contributed by atoms with Crippen LogP contribution in [0.4, 0.5) is 0 Å². The highest BCUT2D eigenvalue weighted by atomic mass is 16.5. The molecule has 0 atom stereocenters. The summed E-state index contributed by atoms with van der Waals surface area (Å²) in [6.07, 6.45) is 0.873. The Labute approximate surface area is 77.3 Å². The number of phenols is 1. The van der Waals surface area contributed by atoms with Crippen molar-refractivity contribution in [3.05, 3.63) is 23.3 Å². The van der Waals surface area contributed by atoms with E-state index in [0.29, 0.717) is 5.75 Å². The molecule has 0 bridgehead atoms. The van der Waals surface area contributed by atoms with Gasteiger partial charge >= 0.3 is 0 Å². The first kappa shape index (κ1) is 8.38. The summed E-state index contributed by atoms with van der Waals surface area (Å²) in [6, 6.07) is 3.50. The van der Waals surface area contributed by atoms with Crippen molar-refractivity contribution < 1.29 is 9.84 Å². The SMILES string of the molecule is COc1ccc(O)c2c1CNCC2. The van der Waals surface area contributed by atoms with Gasteiger partial charge in [-0.05, 0) is 25.1 Å². The Morgan fingerprint density at radius 1 is 1.38 bits per heavy atom. The van der Waals surface area contributed by atoms with Crippen LogP contribution in [0, 0.1) is 0 Å². The van der Waals surface area contributed by atoms with E-state index in [4.69, 9.17) is 4.74 Å². The largest absolute Gasteiger partial charge is 0.508 e. The summed E-state index contributed by atoms with van der Waals surface area (Å²) >= 11 is 0. The molecule has 0 aromatic heterocycles. The first-order valence-electron chi connectivity index (χ1n) is 4.41. The lowest BCUT2D eigenvalue weighted by Gasteiger charge is -2.20. The van der Waals surface area contributed by atoms with Crippen LogP contribution < -0.4 is 10.1 Å². The molecule has 1 aliphatic rings. The summed E-state index contributed by atoms with van der Waals surface area (Å²) in [7, 11) is 1.65. The zero-order valence-electron chi connectivity index (χ0n) is 7.63. The van der Waals surface area contributed by atoms with Crippen LogP contribution in [0.1, 0.15) is 11.1 Å². The van der Waals surface area contributed by atoms with Gasteiger partial charge in [-0.15, -0.1) is 0 Å². The molecule has 0 saturated heterocycles. The predicted molar refractivity (Wildman–Crippen MR) is 50.1 cm³/mol. The normalized spacial score (nSPS) is 15.2. The number of benzene rings is 1. The van der Waals surface area contributed by atoms with E-state index >= 15 is 0 Å². The van der Waals surface area contributed by atoms with Gasteiger partial charge in [0.15, 0.2) is 0 Å². The molecule has 0 radical (unpaired) electrons. The average Bonchev–Trinajstić information content (AvgIpc) is 2.19. The van der Waals surface area contributed by atoms with Gasteiger partial charge in [-0.3, -0.25) is 0 Å². The highest BCUT2D eigenvalue weighted by Crippen LogP contribution is 2.31. The molecule has 0 amide bonds. The Morgan fingerprint density at radius 3 is 3.00 bits per heavy atom. The molecule has 1 aromatic rings. The third-order valence-electron chi connectivity index (χ3n) is 2.44. The summed E-state index contributed by atoms with van der Waals surface area (Å²) in [6.45, 7) is 1.71. The van der Waals surface area contributed by atoms with E-state index in [0.717, 1.165) is 36.4 Å². The molecule has 0 spiro atoms. The zero-order chi connectivity index (χ0) is 9.26. The van der Waals surface area contributed by atoms with Crippen LogP contribution in [0.2, 0.25) is 0 Å². The molecule has 0 unspecified atom stereocenters. The van der Waals surface area contributed by atoms with E-state index in [2.05, 4.69) is 5.32 Å². The van der Waals surface area contributed by atoms with Crippen molar-refractivity contribution in [3.8, 4) is 11.5 Å². The molecule has 3 nitrogen and oxygen atoms in total. The lowest BCUT2D eigenvalue weighted by atomic mass is 9.99. The first-order valence-corrected chi connectivity index (χ1v) is 4.41. The van der Waals surface area contributed by atoms with Crippen molar-refractivity contribution in [2.24, 2.45) is 0 Å². The molecular formula is C10H13NO2. The highest BCUT2D eigenvalue weighted by Gasteiger charge is 2.16. The minimum absolute atomic E-state index is 0.386. The van der Waals surface area contributed by atoms with Crippen LogP contribution in [0.3, 0.4) is 0 Å². The van der Waals surface area contributed by atoms with Gasteiger partial charge < -0.3 is 15.2 Å². The van der Waals surface area contributed by atoms with Crippen molar-refractivity contribution in [3.63, 3.8) is 0 Å². The number of ether oxygens (including phenoxy) is 1. The molecule has 13 heavy (non-hydrogen) atoms. The summed E-state index contributed by atoms with van der Waals surface area (Å²) in [4.78, 5) is 0. The molecular weight excluding hydrogens is 166 g/mol. The van der Waals surface area contributed by atoms with E-state index in [1.54, 1.807) is 19.2 Å². The van der Waals surface area contributed by atoms with Crippen LogP contribution in [0.15, 0.2) is 12.1 Å². The fraction of sp³-hybridized carbons (Fsp3) is 0.400. The zero-order valence-corrected chi connectivity index (χ0v) is 7.63. The monoisotopic (exact) mass is 179 g/mol. The molecule has 1 aliphatic heterocycles. The minimum Gasteiger partial charge on any atom is -0.508 e. The maximum Gasteiger partial charge on any atom is 0.123 e. The number of aromatic hydroxyl groups is 1. The molecule has 1 heterocycles. The molecule has 0 fully saturated rings. The Kier molecular flexibility index (Phi) is 2.10. The topological polar surface area (TPSA) is 41.5 Å². The van der Waals surface area contributed by atoms with Crippen molar-refractivity contribution in [2.75, 3.05) is 13.7 Å². The van der Waals surface area contributed by atoms with E-state index in [9.17, 15) is 5.11 Å². The van der Waals surface area contributed by atoms with E-state index < -0.39 is 0 Å². The Bertz CT molecular complexity index is 323. The lowest BCUT2D eigenvalue weighted by Crippen LogP contribution is -2.24. The smallest absolute Gasteiger partial charge is 0.123 e. The molecule has 2 N–H and O–H groups in total. The highest BCUT2D eigenvalue weighted by molar-refractivity contribution is 5.49. The average molecular weight is 179 g/mol. The Morgan fingerprint density at radius 2 is 2.23 bits per heavy atom. The fourth-order valence-electron chi connectivity index (χ4n) is 1.75. The van der Waals surface area contributed by atoms with Crippen LogP contribution in [0.5, 0.6) is 11.5 Å². The second kappa shape index (κ2) is 3.26. The van der Waals surface area contributed by atoms with Crippen LogP contribution >= 0.6 is 0 Å². The van der Waals surface area contributed by atoms with Gasteiger partial charge in [0.2, 0.25) is 0 Å². The van der Waals surface area contributed by atoms with Crippen molar-refractivity contribution in [2.45, 2.75) is 13.0 Å². The van der Waals surface area contributed by atoms with Gasteiger partial charge in [0.1, 0.15) is 11.5 Å². The Balaban J connectivity index is 2.52. The fourth-order valence-corrected chi connectivity index (χ4v) is 1.75. The van der Waals surface area contributed by atoms with Gasteiger partial charge in [0.05, 0.1) is 7.11 Å². The van der Waals surface area contributed by atoms with Crippen LogP contribution in [-0.2, 0) is 13.0 Å².